The molecule has 0 radical (unpaired) electrons. The van der Waals surface area contributed by atoms with E-state index in [2.05, 4.69) is 93.7 Å². The van der Waals surface area contributed by atoms with Crippen molar-refractivity contribution >= 4 is 17.9 Å². The molecule has 1 unspecified atom stereocenters. The van der Waals surface area contributed by atoms with E-state index >= 15 is 0 Å². The summed E-state index contributed by atoms with van der Waals surface area (Å²) in [6.45, 7) is 6.37. The molecule has 0 N–H and O–H groups in total. The second kappa shape index (κ2) is 50.0. The Labute approximate surface area is 381 Å². The van der Waals surface area contributed by atoms with E-state index in [-0.39, 0.29) is 31.1 Å². The van der Waals surface area contributed by atoms with Crippen LogP contribution in [-0.4, -0.2) is 37.2 Å². The zero-order chi connectivity index (χ0) is 45.1. The molecule has 0 saturated heterocycles. The number of ether oxygens (including phenoxy) is 3. The minimum absolute atomic E-state index is 0.0949. The topological polar surface area (TPSA) is 78.9 Å². The summed E-state index contributed by atoms with van der Waals surface area (Å²) >= 11 is 0. The Morgan fingerprint density at radius 3 is 1.19 bits per heavy atom. The predicted octanol–water partition coefficient (Wildman–Crippen LogP) is 16.6. The molecule has 0 aliphatic rings. The Kier molecular flexibility index (Phi) is 47.0. The lowest BCUT2D eigenvalue weighted by Gasteiger charge is -2.18. The van der Waals surface area contributed by atoms with Crippen molar-refractivity contribution in [3.8, 4) is 0 Å². The fourth-order valence-electron chi connectivity index (χ4n) is 6.62. The molecule has 0 heterocycles. The molecule has 1 atom stereocenters. The minimum Gasteiger partial charge on any atom is -0.462 e. The van der Waals surface area contributed by atoms with Crippen molar-refractivity contribution in [3.05, 3.63) is 97.2 Å². The number of hydrogen-bond acceptors (Lipinski definition) is 6. The van der Waals surface area contributed by atoms with Gasteiger partial charge in [-0.05, 0) is 89.9 Å². The van der Waals surface area contributed by atoms with Gasteiger partial charge in [-0.25, -0.2) is 0 Å². The van der Waals surface area contributed by atoms with Gasteiger partial charge in [-0.15, -0.1) is 0 Å². The van der Waals surface area contributed by atoms with Crippen LogP contribution < -0.4 is 0 Å². The molecule has 0 bridgehead atoms. The van der Waals surface area contributed by atoms with Gasteiger partial charge in [0.25, 0.3) is 0 Å². The van der Waals surface area contributed by atoms with Crippen LogP contribution in [0.1, 0.15) is 220 Å². The molecule has 6 nitrogen and oxygen atoms in total. The van der Waals surface area contributed by atoms with Crippen LogP contribution >= 0.6 is 0 Å². The zero-order valence-corrected chi connectivity index (χ0v) is 40.1. The Morgan fingerprint density at radius 2 is 0.726 bits per heavy atom. The molecular weight excluding hydrogens is 769 g/mol. The SMILES string of the molecule is CC/C=C\C/C=C\CCCCCCCCCC(=O)OC(COC(=O)CCCCCCC\C=C/C=C\C=C/C=C\C=C/CCC)COC(=O)CCCCCCC/C=C\CCCCC. The Morgan fingerprint density at radius 1 is 0.355 bits per heavy atom. The first kappa shape index (κ1) is 58.3. The molecule has 0 fully saturated rings. The summed E-state index contributed by atoms with van der Waals surface area (Å²) in [6, 6.07) is 0. The van der Waals surface area contributed by atoms with Crippen LogP contribution in [0.4, 0.5) is 0 Å². The first-order valence-corrected chi connectivity index (χ1v) is 25.3. The Hall–Kier alpha value is -3.67. The quantitative estimate of drug-likeness (QED) is 0.0200. The maximum atomic E-state index is 12.8. The van der Waals surface area contributed by atoms with Crippen LogP contribution in [0.15, 0.2) is 97.2 Å². The van der Waals surface area contributed by atoms with E-state index in [1.165, 1.54) is 64.2 Å². The Bertz CT molecular complexity index is 1260. The molecule has 0 aromatic rings. The average Bonchev–Trinajstić information content (AvgIpc) is 3.27. The van der Waals surface area contributed by atoms with Crippen LogP contribution in [-0.2, 0) is 28.6 Å². The van der Waals surface area contributed by atoms with Crippen LogP contribution in [0.5, 0.6) is 0 Å². The third-order valence-corrected chi connectivity index (χ3v) is 10.4. The van der Waals surface area contributed by atoms with Gasteiger partial charge >= 0.3 is 17.9 Å². The van der Waals surface area contributed by atoms with Crippen molar-refractivity contribution in [1.29, 1.82) is 0 Å². The van der Waals surface area contributed by atoms with E-state index in [4.69, 9.17) is 14.2 Å². The lowest BCUT2D eigenvalue weighted by molar-refractivity contribution is -0.167. The standard InChI is InChI=1S/C56H92O6/c1-4-7-10-13-16-19-22-25-27-28-29-30-32-34-37-40-43-46-49-55(58)61-52-53(51-60-54(57)48-45-42-39-36-33-24-21-18-15-12-9-6-3)62-56(59)50-47-44-41-38-35-31-26-23-20-17-14-11-8-5-2/h8,10-11,13,16-22,25,27-30,53H,4-7,9,12,14-15,23-24,26,31-52H2,1-3H3/b11-8-,13-10-,19-16-,20-17-,21-18-,25-22-,28-27-,30-29-. The molecule has 0 amide bonds. The van der Waals surface area contributed by atoms with E-state index in [0.717, 1.165) is 116 Å². The highest BCUT2D eigenvalue weighted by Gasteiger charge is 2.19. The number of unbranched alkanes of at least 4 members (excludes halogenated alkanes) is 21. The fourth-order valence-corrected chi connectivity index (χ4v) is 6.62. The number of carbonyl (C=O) groups excluding carboxylic acids is 3. The van der Waals surface area contributed by atoms with Gasteiger partial charge in [0, 0.05) is 19.3 Å². The van der Waals surface area contributed by atoms with Gasteiger partial charge in [-0.3, -0.25) is 14.4 Å². The Balaban J connectivity index is 4.46. The summed E-state index contributed by atoms with van der Waals surface area (Å²) in [7, 11) is 0. The molecule has 0 aliphatic heterocycles. The van der Waals surface area contributed by atoms with Crippen molar-refractivity contribution < 1.29 is 28.6 Å². The second-order valence-corrected chi connectivity index (χ2v) is 16.5. The minimum atomic E-state index is -0.796. The third-order valence-electron chi connectivity index (χ3n) is 10.4. The van der Waals surface area contributed by atoms with Crippen LogP contribution in [0.2, 0.25) is 0 Å². The highest BCUT2D eigenvalue weighted by Crippen LogP contribution is 2.14. The number of allylic oxidation sites excluding steroid dienone is 16. The molecule has 0 rings (SSSR count). The van der Waals surface area contributed by atoms with E-state index in [1.54, 1.807) is 0 Å². The zero-order valence-electron chi connectivity index (χ0n) is 40.1. The average molecular weight is 861 g/mol. The summed E-state index contributed by atoms with van der Waals surface area (Å²) in [6.07, 6.45) is 65.2. The number of esters is 3. The summed E-state index contributed by atoms with van der Waals surface area (Å²) in [5.74, 6) is -0.942. The molecule has 6 heteroatoms. The van der Waals surface area contributed by atoms with Gasteiger partial charge in [-0.2, -0.15) is 0 Å². The molecule has 0 saturated carbocycles. The van der Waals surface area contributed by atoms with Gasteiger partial charge in [-0.1, -0.05) is 208 Å². The van der Waals surface area contributed by atoms with Gasteiger partial charge in [0.05, 0.1) is 0 Å². The van der Waals surface area contributed by atoms with E-state index in [0.29, 0.717) is 19.3 Å². The number of rotatable bonds is 44. The largest absolute Gasteiger partial charge is 0.462 e. The highest BCUT2D eigenvalue weighted by molar-refractivity contribution is 5.71. The van der Waals surface area contributed by atoms with E-state index < -0.39 is 6.10 Å². The molecular formula is C56H92O6. The van der Waals surface area contributed by atoms with E-state index in [1.807, 2.05) is 24.3 Å². The summed E-state index contributed by atoms with van der Waals surface area (Å²) in [5.41, 5.74) is 0. The van der Waals surface area contributed by atoms with Crippen molar-refractivity contribution in [2.75, 3.05) is 13.2 Å². The second-order valence-electron chi connectivity index (χ2n) is 16.5. The maximum Gasteiger partial charge on any atom is 0.306 e. The normalized spacial score (nSPS) is 12.9. The molecule has 62 heavy (non-hydrogen) atoms. The molecule has 0 aromatic carbocycles. The first-order valence-electron chi connectivity index (χ1n) is 25.3. The highest BCUT2D eigenvalue weighted by atomic mass is 16.6. The van der Waals surface area contributed by atoms with Gasteiger partial charge in [0.1, 0.15) is 13.2 Å². The monoisotopic (exact) mass is 861 g/mol. The lowest BCUT2D eigenvalue weighted by atomic mass is 10.1. The van der Waals surface area contributed by atoms with Crippen molar-refractivity contribution in [3.63, 3.8) is 0 Å². The maximum absolute atomic E-state index is 12.8. The summed E-state index contributed by atoms with van der Waals surface area (Å²) in [4.78, 5) is 37.9. The number of hydrogen-bond donors (Lipinski definition) is 0. The first-order chi connectivity index (χ1) is 30.5. The van der Waals surface area contributed by atoms with Crippen LogP contribution in [0.25, 0.3) is 0 Å². The lowest BCUT2D eigenvalue weighted by Crippen LogP contribution is -2.30. The summed E-state index contributed by atoms with van der Waals surface area (Å²) < 4.78 is 16.7. The fraction of sp³-hybridized carbons (Fsp3) is 0.661. The van der Waals surface area contributed by atoms with Crippen molar-refractivity contribution in [1.82, 2.24) is 0 Å². The molecule has 0 aromatic heterocycles. The molecule has 0 aliphatic carbocycles. The smallest absolute Gasteiger partial charge is 0.306 e. The molecule has 0 spiro atoms. The van der Waals surface area contributed by atoms with Gasteiger partial charge in [0.2, 0.25) is 0 Å². The van der Waals surface area contributed by atoms with Gasteiger partial charge in [0.15, 0.2) is 6.10 Å². The van der Waals surface area contributed by atoms with Gasteiger partial charge < -0.3 is 14.2 Å². The van der Waals surface area contributed by atoms with Crippen LogP contribution in [0, 0.1) is 0 Å². The van der Waals surface area contributed by atoms with Crippen molar-refractivity contribution in [2.24, 2.45) is 0 Å². The predicted molar refractivity (Wildman–Crippen MR) is 265 cm³/mol. The third kappa shape index (κ3) is 47.4. The van der Waals surface area contributed by atoms with Crippen molar-refractivity contribution in [2.45, 2.75) is 226 Å². The number of carbonyl (C=O) groups is 3. The summed E-state index contributed by atoms with van der Waals surface area (Å²) in [5, 5.41) is 0. The van der Waals surface area contributed by atoms with E-state index in [9.17, 15) is 14.4 Å². The van der Waals surface area contributed by atoms with Crippen LogP contribution in [0.3, 0.4) is 0 Å². The molecule has 352 valence electrons.